The second-order valence-electron chi connectivity index (χ2n) is 8.38. The molecule has 1 saturated carbocycles. The summed E-state index contributed by atoms with van der Waals surface area (Å²) in [6.45, 7) is 3.48. The van der Waals surface area contributed by atoms with Crippen molar-refractivity contribution in [2.75, 3.05) is 31.5 Å². The maximum absolute atomic E-state index is 13.1. The summed E-state index contributed by atoms with van der Waals surface area (Å²) in [7, 11) is 0. The Morgan fingerprint density at radius 2 is 1.70 bits per heavy atom. The molecule has 0 spiro atoms. The average molecular weight is 422 g/mol. The lowest BCUT2D eigenvalue weighted by molar-refractivity contribution is 0.0523. The molecule has 2 aromatic rings. The van der Waals surface area contributed by atoms with Crippen molar-refractivity contribution < 1.29 is 9.59 Å². The van der Waals surface area contributed by atoms with Crippen molar-refractivity contribution in [3.63, 3.8) is 0 Å². The van der Waals surface area contributed by atoms with Gasteiger partial charge in [0, 0.05) is 47.6 Å². The van der Waals surface area contributed by atoms with Crippen LogP contribution in [0.1, 0.15) is 52.8 Å². The molecule has 2 amide bonds. The Balaban J connectivity index is 1.28. The highest BCUT2D eigenvalue weighted by molar-refractivity contribution is 7.99. The van der Waals surface area contributed by atoms with Crippen LogP contribution in [0, 0.1) is 0 Å². The third-order valence-corrected chi connectivity index (χ3v) is 7.67. The molecule has 0 bridgehead atoms. The van der Waals surface area contributed by atoms with Gasteiger partial charge in [0.05, 0.1) is 11.3 Å². The van der Waals surface area contributed by atoms with E-state index in [1.807, 2.05) is 47.4 Å². The van der Waals surface area contributed by atoms with Crippen LogP contribution >= 0.6 is 11.8 Å². The van der Waals surface area contributed by atoms with Gasteiger partial charge in [0.15, 0.2) is 0 Å². The quantitative estimate of drug-likeness (QED) is 0.776. The predicted molar refractivity (Wildman–Crippen MR) is 119 cm³/mol. The number of rotatable bonds is 2. The van der Waals surface area contributed by atoms with Gasteiger partial charge in [-0.15, -0.1) is 0 Å². The van der Waals surface area contributed by atoms with Crippen LogP contribution in [0.5, 0.6) is 0 Å². The SMILES string of the molecule is O=C1Nc2cc(C(=O)N3CCN(C4CCCCC4)CC3)ccc2Sc2ccccc21. The second-order valence-corrected chi connectivity index (χ2v) is 9.47. The lowest BCUT2D eigenvalue weighted by Crippen LogP contribution is -2.52. The van der Waals surface area contributed by atoms with Crippen molar-refractivity contribution in [1.82, 2.24) is 9.80 Å². The van der Waals surface area contributed by atoms with Gasteiger partial charge >= 0.3 is 0 Å². The topological polar surface area (TPSA) is 52.7 Å². The highest BCUT2D eigenvalue weighted by Gasteiger charge is 2.28. The number of amides is 2. The van der Waals surface area contributed by atoms with Gasteiger partial charge < -0.3 is 10.2 Å². The molecule has 0 atom stereocenters. The molecule has 2 fully saturated rings. The van der Waals surface area contributed by atoms with Crippen molar-refractivity contribution >= 4 is 29.3 Å². The van der Waals surface area contributed by atoms with E-state index in [2.05, 4.69) is 10.2 Å². The number of fused-ring (bicyclic) bond motifs is 2. The zero-order chi connectivity index (χ0) is 20.5. The molecule has 1 N–H and O–H groups in total. The van der Waals surface area contributed by atoms with Crippen LogP contribution in [0.2, 0.25) is 0 Å². The molecule has 3 aliphatic rings. The first-order chi connectivity index (χ1) is 14.7. The van der Waals surface area contributed by atoms with Crippen molar-refractivity contribution in [3.05, 3.63) is 53.6 Å². The van der Waals surface area contributed by atoms with E-state index >= 15 is 0 Å². The van der Waals surface area contributed by atoms with Crippen LogP contribution in [0.25, 0.3) is 0 Å². The summed E-state index contributed by atoms with van der Waals surface area (Å²) in [5.74, 6) is -0.0651. The first-order valence-corrected chi connectivity index (χ1v) is 11.8. The fourth-order valence-corrected chi connectivity index (χ4v) is 5.83. The molecule has 0 aromatic heterocycles. The van der Waals surface area contributed by atoms with Crippen LogP contribution < -0.4 is 5.32 Å². The number of nitrogens with zero attached hydrogens (tertiary/aromatic N) is 2. The lowest BCUT2D eigenvalue weighted by atomic mass is 9.94. The smallest absolute Gasteiger partial charge is 0.256 e. The summed E-state index contributed by atoms with van der Waals surface area (Å²) in [6.07, 6.45) is 6.66. The Morgan fingerprint density at radius 1 is 0.933 bits per heavy atom. The van der Waals surface area contributed by atoms with E-state index < -0.39 is 0 Å². The average Bonchev–Trinajstić information content (AvgIpc) is 2.94. The highest BCUT2D eigenvalue weighted by atomic mass is 32.2. The van der Waals surface area contributed by atoms with Crippen LogP contribution in [-0.4, -0.2) is 53.8 Å². The van der Waals surface area contributed by atoms with Crippen molar-refractivity contribution in [2.45, 2.75) is 47.9 Å². The summed E-state index contributed by atoms with van der Waals surface area (Å²) in [5, 5.41) is 2.99. The summed E-state index contributed by atoms with van der Waals surface area (Å²) >= 11 is 1.56. The zero-order valence-corrected chi connectivity index (χ0v) is 17.9. The van der Waals surface area contributed by atoms with Crippen LogP contribution in [0.3, 0.4) is 0 Å². The molecule has 2 aliphatic heterocycles. The second kappa shape index (κ2) is 8.44. The number of carbonyl (C=O) groups is 2. The highest BCUT2D eigenvalue weighted by Crippen LogP contribution is 2.39. The molecule has 6 heteroatoms. The van der Waals surface area contributed by atoms with E-state index in [0.29, 0.717) is 22.9 Å². The number of piperazine rings is 1. The van der Waals surface area contributed by atoms with Gasteiger partial charge in [-0.05, 0) is 43.2 Å². The molecule has 5 rings (SSSR count). The maximum Gasteiger partial charge on any atom is 0.256 e. The molecular formula is C24H27N3O2S. The Labute approximate surface area is 181 Å². The Kier molecular flexibility index (Phi) is 5.52. The number of anilines is 1. The first kappa shape index (κ1) is 19.6. The molecule has 1 saturated heterocycles. The van der Waals surface area contributed by atoms with Crippen molar-refractivity contribution in [3.8, 4) is 0 Å². The summed E-state index contributed by atoms with van der Waals surface area (Å²) in [4.78, 5) is 32.2. The van der Waals surface area contributed by atoms with E-state index in [9.17, 15) is 9.59 Å². The molecule has 0 radical (unpaired) electrons. The van der Waals surface area contributed by atoms with Gasteiger partial charge in [-0.25, -0.2) is 0 Å². The van der Waals surface area contributed by atoms with E-state index in [4.69, 9.17) is 0 Å². The van der Waals surface area contributed by atoms with Crippen molar-refractivity contribution in [1.29, 1.82) is 0 Å². The molecule has 30 heavy (non-hydrogen) atoms. The molecule has 2 heterocycles. The molecule has 2 aromatic carbocycles. The van der Waals surface area contributed by atoms with E-state index in [1.54, 1.807) is 11.8 Å². The minimum atomic E-state index is -0.123. The molecule has 5 nitrogen and oxygen atoms in total. The number of carbonyl (C=O) groups excluding carboxylic acids is 2. The van der Waals surface area contributed by atoms with Crippen LogP contribution in [0.4, 0.5) is 5.69 Å². The van der Waals surface area contributed by atoms with Gasteiger partial charge in [0.1, 0.15) is 0 Å². The number of hydrogen-bond acceptors (Lipinski definition) is 4. The minimum absolute atomic E-state index is 0.0575. The fraction of sp³-hybridized carbons (Fsp3) is 0.417. The summed E-state index contributed by atoms with van der Waals surface area (Å²) in [5.41, 5.74) is 2.03. The van der Waals surface area contributed by atoms with Crippen molar-refractivity contribution in [2.24, 2.45) is 0 Å². The first-order valence-electron chi connectivity index (χ1n) is 10.9. The Hall–Kier alpha value is -2.31. The van der Waals surface area contributed by atoms with E-state index in [0.717, 1.165) is 36.0 Å². The maximum atomic E-state index is 13.1. The monoisotopic (exact) mass is 421 g/mol. The molecule has 156 valence electrons. The molecular weight excluding hydrogens is 394 g/mol. The van der Waals surface area contributed by atoms with E-state index in [-0.39, 0.29) is 11.8 Å². The number of benzene rings is 2. The third-order valence-electron chi connectivity index (χ3n) is 6.52. The molecule has 1 aliphatic carbocycles. The van der Waals surface area contributed by atoms with Gasteiger partial charge in [0.25, 0.3) is 11.8 Å². The largest absolute Gasteiger partial charge is 0.336 e. The minimum Gasteiger partial charge on any atom is -0.336 e. The van der Waals surface area contributed by atoms with Crippen LogP contribution in [-0.2, 0) is 0 Å². The van der Waals surface area contributed by atoms with Gasteiger partial charge in [0.2, 0.25) is 0 Å². The fourth-order valence-electron chi connectivity index (χ4n) is 4.82. The Bertz CT molecular complexity index is 963. The summed E-state index contributed by atoms with van der Waals surface area (Å²) < 4.78 is 0. The third kappa shape index (κ3) is 3.86. The Morgan fingerprint density at radius 3 is 2.50 bits per heavy atom. The lowest BCUT2D eigenvalue weighted by Gasteiger charge is -2.40. The predicted octanol–water partition coefficient (Wildman–Crippen LogP) is 4.49. The zero-order valence-electron chi connectivity index (χ0n) is 17.1. The molecule has 0 unspecified atom stereocenters. The normalized spacial score (nSPS) is 20.1. The van der Waals surface area contributed by atoms with Gasteiger partial charge in [-0.1, -0.05) is 43.2 Å². The van der Waals surface area contributed by atoms with Gasteiger partial charge in [-0.3, -0.25) is 14.5 Å². The van der Waals surface area contributed by atoms with Gasteiger partial charge in [-0.2, -0.15) is 0 Å². The number of nitrogens with one attached hydrogen (secondary N) is 1. The van der Waals surface area contributed by atoms with Crippen LogP contribution in [0.15, 0.2) is 52.3 Å². The standard InChI is InChI=1S/C24H27N3O2S/c28-23-19-8-4-5-9-21(19)30-22-11-10-17(16-20(22)25-23)24(29)27-14-12-26(13-15-27)18-6-2-1-3-7-18/h4-5,8-11,16,18H,1-3,6-7,12-15H2,(H,25,28). The number of hydrogen-bond donors (Lipinski definition) is 1. The van der Waals surface area contributed by atoms with E-state index in [1.165, 1.54) is 32.1 Å². The summed E-state index contributed by atoms with van der Waals surface area (Å²) in [6, 6.07) is 14.0.